The van der Waals surface area contributed by atoms with E-state index < -0.39 is 6.36 Å². The number of carbonyl (C=O) groups excluding carboxylic acids is 1. The van der Waals surface area contributed by atoms with Crippen molar-refractivity contribution >= 4 is 11.7 Å². The van der Waals surface area contributed by atoms with Gasteiger partial charge in [-0.05, 0) is 49.2 Å². The molecule has 1 heterocycles. The van der Waals surface area contributed by atoms with Crippen LogP contribution in [0, 0.1) is 0 Å². The van der Waals surface area contributed by atoms with Gasteiger partial charge in [0.05, 0.1) is 0 Å². The molecule has 1 aliphatic rings. The minimum absolute atomic E-state index is 0.251. The molecule has 0 aliphatic carbocycles. The second-order valence-corrected chi connectivity index (χ2v) is 6.92. The molecule has 0 atom stereocenters. The highest BCUT2D eigenvalue weighted by atomic mass is 19.4. The van der Waals surface area contributed by atoms with Crippen LogP contribution in [0.25, 0.3) is 0 Å². The Hall–Kier alpha value is -2.74. The Morgan fingerprint density at radius 3 is 2.38 bits per heavy atom. The summed E-state index contributed by atoms with van der Waals surface area (Å²) in [7, 11) is 0. The average molecular weight is 407 g/mol. The largest absolute Gasteiger partial charge is 0.573 e. The maximum atomic E-state index is 12.5. The highest BCUT2D eigenvalue weighted by Gasteiger charge is 2.31. The molecule has 1 saturated heterocycles. The second-order valence-electron chi connectivity index (χ2n) is 6.92. The van der Waals surface area contributed by atoms with Gasteiger partial charge in [0.15, 0.2) is 0 Å². The topological polar surface area (TPSA) is 44.8 Å². The number of anilines is 1. The molecule has 5 nitrogen and oxygen atoms in total. The number of rotatable bonds is 5. The van der Waals surface area contributed by atoms with Crippen LogP contribution in [0.1, 0.15) is 12.0 Å². The van der Waals surface area contributed by atoms with E-state index in [2.05, 4.69) is 27.1 Å². The lowest BCUT2D eigenvalue weighted by molar-refractivity contribution is -0.274. The summed E-state index contributed by atoms with van der Waals surface area (Å²) in [5.74, 6) is -0.320. The summed E-state index contributed by atoms with van der Waals surface area (Å²) >= 11 is 0. The summed E-state index contributed by atoms with van der Waals surface area (Å²) in [4.78, 5) is 16.6. The SMILES string of the molecule is O=C(Nc1ccc(OC(F)(F)F)cc1)N1CCCN(CCc2ccccc2)CC1. The molecule has 1 N–H and O–H groups in total. The lowest BCUT2D eigenvalue weighted by Gasteiger charge is -2.22. The summed E-state index contributed by atoms with van der Waals surface area (Å²) in [6.45, 7) is 3.91. The maximum absolute atomic E-state index is 12.5. The van der Waals surface area contributed by atoms with Crippen molar-refractivity contribution in [3.8, 4) is 5.75 Å². The molecule has 29 heavy (non-hydrogen) atoms. The number of benzene rings is 2. The normalized spacial score (nSPS) is 15.6. The van der Waals surface area contributed by atoms with E-state index in [4.69, 9.17) is 0 Å². The van der Waals surface area contributed by atoms with Crippen LogP contribution in [-0.2, 0) is 6.42 Å². The van der Waals surface area contributed by atoms with Gasteiger partial charge in [-0.15, -0.1) is 13.2 Å². The molecule has 2 amide bonds. The van der Waals surface area contributed by atoms with Crippen LogP contribution in [0.5, 0.6) is 5.75 Å². The fourth-order valence-corrected chi connectivity index (χ4v) is 3.27. The fraction of sp³-hybridized carbons (Fsp3) is 0.381. The van der Waals surface area contributed by atoms with Gasteiger partial charge in [0, 0.05) is 31.9 Å². The van der Waals surface area contributed by atoms with Gasteiger partial charge in [-0.25, -0.2) is 4.79 Å². The number of amides is 2. The number of ether oxygens (including phenoxy) is 1. The Bertz CT molecular complexity index is 782. The first kappa shape index (κ1) is 21.0. The van der Waals surface area contributed by atoms with Crippen molar-refractivity contribution < 1.29 is 22.7 Å². The molecule has 3 rings (SSSR count). The third-order valence-corrected chi connectivity index (χ3v) is 4.77. The van der Waals surface area contributed by atoms with Crippen molar-refractivity contribution in [2.24, 2.45) is 0 Å². The third kappa shape index (κ3) is 6.98. The first-order valence-corrected chi connectivity index (χ1v) is 9.57. The Morgan fingerprint density at radius 2 is 1.69 bits per heavy atom. The molecule has 2 aromatic rings. The van der Waals surface area contributed by atoms with Gasteiger partial charge in [0.2, 0.25) is 0 Å². The number of halogens is 3. The summed E-state index contributed by atoms with van der Waals surface area (Å²) < 4.78 is 40.5. The molecule has 0 spiro atoms. The Labute approximate surface area is 168 Å². The van der Waals surface area contributed by atoms with E-state index >= 15 is 0 Å². The summed E-state index contributed by atoms with van der Waals surface area (Å²) in [6, 6.07) is 15.2. The second kappa shape index (κ2) is 9.65. The van der Waals surface area contributed by atoms with Gasteiger partial charge in [0.1, 0.15) is 5.75 Å². The van der Waals surface area contributed by atoms with E-state index in [9.17, 15) is 18.0 Å². The lowest BCUT2D eigenvalue weighted by Crippen LogP contribution is -2.38. The maximum Gasteiger partial charge on any atom is 0.573 e. The van der Waals surface area contributed by atoms with Crippen LogP contribution in [0.3, 0.4) is 0 Å². The van der Waals surface area contributed by atoms with Crippen LogP contribution in [0.4, 0.5) is 23.7 Å². The van der Waals surface area contributed by atoms with Crippen molar-refractivity contribution in [2.75, 3.05) is 38.0 Å². The van der Waals surface area contributed by atoms with Crippen molar-refractivity contribution in [1.29, 1.82) is 0 Å². The highest BCUT2D eigenvalue weighted by Crippen LogP contribution is 2.24. The quantitative estimate of drug-likeness (QED) is 0.801. The fourth-order valence-electron chi connectivity index (χ4n) is 3.27. The number of carbonyl (C=O) groups is 1. The predicted octanol–water partition coefficient (Wildman–Crippen LogP) is 4.37. The van der Waals surface area contributed by atoms with Crippen LogP contribution in [0.15, 0.2) is 54.6 Å². The lowest BCUT2D eigenvalue weighted by atomic mass is 10.1. The predicted molar refractivity (Wildman–Crippen MR) is 105 cm³/mol. The van der Waals surface area contributed by atoms with Crippen molar-refractivity contribution in [3.05, 3.63) is 60.2 Å². The average Bonchev–Trinajstić information content (AvgIpc) is 2.93. The molecule has 0 radical (unpaired) electrons. The molecule has 1 fully saturated rings. The number of nitrogens with one attached hydrogen (secondary N) is 1. The number of hydrogen-bond acceptors (Lipinski definition) is 3. The first-order valence-electron chi connectivity index (χ1n) is 9.57. The zero-order valence-corrected chi connectivity index (χ0v) is 16.0. The van der Waals surface area contributed by atoms with Crippen molar-refractivity contribution in [3.63, 3.8) is 0 Å². The van der Waals surface area contributed by atoms with E-state index in [0.29, 0.717) is 18.8 Å². The smallest absolute Gasteiger partial charge is 0.406 e. The zero-order valence-electron chi connectivity index (χ0n) is 16.0. The molecule has 0 aromatic heterocycles. The Balaban J connectivity index is 1.46. The van der Waals surface area contributed by atoms with Gasteiger partial charge < -0.3 is 19.9 Å². The third-order valence-electron chi connectivity index (χ3n) is 4.77. The van der Waals surface area contributed by atoms with Crippen molar-refractivity contribution in [2.45, 2.75) is 19.2 Å². The van der Waals surface area contributed by atoms with Crippen LogP contribution in [-0.4, -0.2) is 54.9 Å². The molecule has 0 saturated carbocycles. The Morgan fingerprint density at radius 1 is 0.966 bits per heavy atom. The highest BCUT2D eigenvalue weighted by molar-refractivity contribution is 5.89. The number of hydrogen-bond donors (Lipinski definition) is 1. The Kier molecular flexibility index (Phi) is 6.98. The molecule has 0 bridgehead atoms. The molecule has 2 aromatic carbocycles. The van der Waals surface area contributed by atoms with Crippen molar-refractivity contribution in [1.82, 2.24) is 9.80 Å². The first-order chi connectivity index (χ1) is 13.9. The summed E-state index contributed by atoms with van der Waals surface area (Å²) in [5.41, 5.74) is 1.72. The molecular formula is C21H24F3N3O2. The van der Waals surface area contributed by atoms with Gasteiger partial charge in [-0.3, -0.25) is 0 Å². The van der Waals surface area contributed by atoms with Gasteiger partial charge in [-0.2, -0.15) is 0 Å². The zero-order chi connectivity index (χ0) is 20.7. The summed E-state index contributed by atoms with van der Waals surface area (Å²) in [6.07, 6.45) is -2.89. The minimum Gasteiger partial charge on any atom is -0.406 e. The van der Waals surface area contributed by atoms with E-state index in [-0.39, 0.29) is 11.8 Å². The molecule has 8 heteroatoms. The van der Waals surface area contributed by atoms with E-state index in [1.165, 1.54) is 29.8 Å². The number of alkyl halides is 3. The van der Waals surface area contributed by atoms with Crippen LogP contribution in [0.2, 0.25) is 0 Å². The van der Waals surface area contributed by atoms with E-state index in [0.717, 1.165) is 32.5 Å². The van der Waals surface area contributed by atoms with E-state index in [1.54, 1.807) is 4.90 Å². The number of nitrogens with zero attached hydrogens (tertiary/aromatic N) is 2. The number of urea groups is 1. The summed E-state index contributed by atoms with van der Waals surface area (Å²) in [5, 5.41) is 2.73. The molecule has 0 unspecified atom stereocenters. The van der Waals surface area contributed by atoms with Gasteiger partial charge in [-0.1, -0.05) is 30.3 Å². The molecule has 1 aliphatic heterocycles. The minimum atomic E-state index is -4.73. The van der Waals surface area contributed by atoms with E-state index in [1.807, 2.05) is 18.2 Å². The van der Waals surface area contributed by atoms with Gasteiger partial charge in [0.25, 0.3) is 0 Å². The van der Waals surface area contributed by atoms with Crippen LogP contribution >= 0.6 is 0 Å². The van der Waals surface area contributed by atoms with Crippen LogP contribution < -0.4 is 10.1 Å². The molecular weight excluding hydrogens is 383 g/mol. The standard InChI is InChI=1S/C21H24F3N3O2/c22-21(23,24)29-19-9-7-18(8-10-19)25-20(28)27-13-4-12-26(15-16-27)14-11-17-5-2-1-3-6-17/h1-3,5-10H,4,11-16H2,(H,25,28). The molecule has 156 valence electrons. The van der Waals surface area contributed by atoms with Gasteiger partial charge >= 0.3 is 12.4 Å². The monoisotopic (exact) mass is 407 g/mol.